The minimum Gasteiger partial charge on any atom is -0.508 e. The number of aromatic hydroxyl groups is 6. The molecule has 0 aliphatic carbocycles. The Balaban J connectivity index is 2.22. The zero-order valence-electron chi connectivity index (χ0n) is 22.8. The molecule has 0 amide bonds. The van der Waals surface area contributed by atoms with Gasteiger partial charge >= 0.3 is 0 Å². The fourth-order valence-corrected chi connectivity index (χ4v) is 5.31. The van der Waals surface area contributed by atoms with Crippen LogP contribution in [0.15, 0.2) is 42.5 Å². The van der Waals surface area contributed by atoms with Crippen molar-refractivity contribution >= 4 is 0 Å². The number of phenolic OH excluding ortho intramolecular Hbond substituents is 6. The summed E-state index contributed by atoms with van der Waals surface area (Å²) < 4.78 is 0. The van der Waals surface area contributed by atoms with Gasteiger partial charge in [0.25, 0.3) is 0 Å². The van der Waals surface area contributed by atoms with Crippen LogP contribution in [0.4, 0.5) is 0 Å². The Morgan fingerprint density at radius 2 is 0.947 bits per heavy atom. The summed E-state index contributed by atoms with van der Waals surface area (Å²) in [4.78, 5) is 0. The summed E-state index contributed by atoms with van der Waals surface area (Å²) in [6.07, 6.45) is 9.36. The van der Waals surface area contributed by atoms with Gasteiger partial charge in [-0.2, -0.15) is 0 Å². The lowest BCUT2D eigenvalue weighted by molar-refractivity contribution is 0.414. The molecule has 0 atom stereocenters. The molecule has 0 bridgehead atoms. The van der Waals surface area contributed by atoms with Gasteiger partial charge in [-0.25, -0.2) is 0 Å². The molecule has 3 aromatic carbocycles. The van der Waals surface area contributed by atoms with E-state index in [0.29, 0.717) is 40.7 Å². The summed E-state index contributed by atoms with van der Waals surface area (Å²) in [6.45, 7) is 6.04. The number of aryl methyl sites for hydroxylation is 2. The number of rotatable bonds is 13. The van der Waals surface area contributed by atoms with Crippen LogP contribution in [0.25, 0.3) is 0 Å². The molecule has 0 heterocycles. The Kier molecular flexibility index (Phi) is 9.78. The molecule has 38 heavy (non-hydrogen) atoms. The van der Waals surface area contributed by atoms with Gasteiger partial charge in [0.15, 0.2) is 0 Å². The minimum atomic E-state index is -1.29. The highest BCUT2D eigenvalue weighted by atomic mass is 16.3. The van der Waals surface area contributed by atoms with Crippen LogP contribution in [0.1, 0.15) is 100.0 Å². The highest BCUT2D eigenvalue weighted by Gasteiger charge is 2.39. The molecule has 0 unspecified atom stereocenters. The molecule has 0 radical (unpaired) electrons. The molecular formula is C32H42O6. The van der Waals surface area contributed by atoms with Gasteiger partial charge in [-0.15, -0.1) is 0 Å². The van der Waals surface area contributed by atoms with E-state index in [9.17, 15) is 30.6 Å². The van der Waals surface area contributed by atoms with E-state index in [-0.39, 0.29) is 34.5 Å². The lowest BCUT2D eigenvalue weighted by Gasteiger charge is -2.34. The van der Waals surface area contributed by atoms with Gasteiger partial charge in [-0.1, -0.05) is 58.4 Å². The van der Waals surface area contributed by atoms with Gasteiger partial charge in [0.1, 0.15) is 34.5 Å². The lowest BCUT2D eigenvalue weighted by Crippen LogP contribution is -2.26. The molecule has 6 heteroatoms. The zero-order valence-corrected chi connectivity index (χ0v) is 22.8. The first kappa shape index (κ1) is 29.0. The van der Waals surface area contributed by atoms with E-state index in [1.54, 1.807) is 25.1 Å². The molecule has 0 spiro atoms. The molecular weight excluding hydrogens is 480 g/mol. The van der Waals surface area contributed by atoms with Crippen molar-refractivity contribution in [2.45, 2.75) is 90.4 Å². The second kappa shape index (κ2) is 12.8. The maximum atomic E-state index is 11.1. The SMILES string of the molecule is CCCCCCc1cc(C(C)(c2ccc(O)cc2O)c2cc(CCCCCC)c(O)cc2O)c(O)cc1O. The zero-order chi connectivity index (χ0) is 27.9. The van der Waals surface area contributed by atoms with Crippen molar-refractivity contribution in [2.75, 3.05) is 0 Å². The van der Waals surface area contributed by atoms with Gasteiger partial charge in [0.2, 0.25) is 0 Å². The molecule has 0 aliphatic rings. The molecule has 0 saturated heterocycles. The summed E-state index contributed by atoms with van der Waals surface area (Å²) in [5, 5.41) is 64.4. The van der Waals surface area contributed by atoms with Gasteiger partial charge < -0.3 is 30.6 Å². The van der Waals surface area contributed by atoms with E-state index in [0.717, 1.165) is 51.4 Å². The fraction of sp³-hybridized carbons (Fsp3) is 0.438. The van der Waals surface area contributed by atoms with Gasteiger partial charge in [-0.05, 0) is 61.9 Å². The first-order chi connectivity index (χ1) is 18.1. The van der Waals surface area contributed by atoms with Crippen molar-refractivity contribution < 1.29 is 30.6 Å². The summed E-state index contributed by atoms with van der Waals surface area (Å²) in [5.74, 6) is -0.718. The summed E-state index contributed by atoms with van der Waals surface area (Å²) in [7, 11) is 0. The first-order valence-corrected chi connectivity index (χ1v) is 13.8. The first-order valence-electron chi connectivity index (χ1n) is 13.8. The van der Waals surface area contributed by atoms with Crippen LogP contribution in [0.5, 0.6) is 34.5 Å². The van der Waals surface area contributed by atoms with Gasteiger partial charge in [-0.3, -0.25) is 0 Å². The van der Waals surface area contributed by atoms with Crippen LogP contribution in [0.3, 0.4) is 0 Å². The topological polar surface area (TPSA) is 121 Å². The van der Waals surface area contributed by atoms with Crippen LogP contribution < -0.4 is 0 Å². The van der Waals surface area contributed by atoms with Crippen molar-refractivity contribution in [2.24, 2.45) is 0 Å². The van der Waals surface area contributed by atoms with Crippen molar-refractivity contribution in [1.29, 1.82) is 0 Å². The third-order valence-corrected chi connectivity index (χ3v) is 7.59. The van der Waals surface area contributed by atoms with Crippen LogP contribution >= 0.6 is 0 Å². The van der Waals surface area contributed by atoms with Crippen LogP contribution in [-0.2, 0) is 18.3 Å². The Hall–Kier alpha value is -3.54. The van der Waals surface area contributed by atoms with Crippen molar-refractivity contribution in [3.05, 3.63) is 70.3 Å². The highest BCUT2D eigenvalue weighted by molar-refractivity contribution is 5.64. The average molecular weight is 523 g/mol. The molecule has 6 N–H and O–H groups in total. The van der Waals surface area contributed by atoms with E-state index in [1.807, 2.05) is 0 Å². The van der Waals surface area contributed by atoms with Crippen LogP contribution in [0.2, 0.25) is 0 Å². The van der Waals surface area contributed by atoms with Crippen molar-refractivity contribution in [3.63, 3.8) is 0 Å². The summed E-state index contributed by atoms with van der Waals surface area (Å²) in [6, 6.07) is 10.3. The van der Waals surface area contributed by atoms with Gasteiger partial charge in [0, 0.05) is 34.9 Å². The molecule has 206 valence electrons. The molecule has 3 aromatic rings. The third kappa shape index (κ3) is 6.29. The van der Waals surface area contributed by atoms with Gasteiger partial charge in [0.05, 0.1) is 5.41 Å². The molecule has 0 aromatic heterocycles. The quantitative estimate of drug-likeness (QED) is 0.102. The second-order valence-corrected chi connectivity index (χ2v) is 10.4. The maximum Gasteiger partial charge on any atom is 0.123 e. The van der Waals surface area contributed by atoms with E-state index in [4.69, 9.17) is 0 Å². The van der Waals surface area contributed by atoms with Crippen LogP contribution in [-0.4, -0.2) is 30.6 Å². The second-order valence-electron chi connectivity index (χ2n) is 10.4. The lowest BCUT2D eigenvalue weighted by atomic mass is 9.69. The Morgan fingerprint density at radius 1 is 0.500 bits per heavy atom. The normalized spacial score (nSPS) is 11.7. The summed E-state index contributed by atoms with van der Waals surface area (Å²) in [5.41, 5.74) is 1.17. The summed E-state index contributed by atoms with van der Waals surface area (Å²) >= 11 is 0. The number of hydrogen-bond donors (Lipinski definition) is 6. The maximum absolute atomic E-state index is 11.1. The highest BCUT2D eigenvalue weighted by Crippen LogP contribution is 2.51. The monoisotopic (exact) mass is 522 g/mol. The number of hydrogen-bond acceptors (Lipinski definition) is 6. The Bertz CT molecular complexity index is 1170. The standard InChI is InChI=1S/C32H42O6/c1-4-6-8-10-12-21-16-25(30(37)19-27(21)34)32(3,24-15-14-23(33)18-29(24)36)26-17-22(13-11-9-7-5-2)28(35)20-31(26)38/h14-20,33-38H,4-13H2,1-3H3. The molecule has 0 fully saturated rings. The van der Waals surface area contributed by atoms with E-state index in [1.165, 1.54) is 24.3 Å². The molecule has 6 nitrogen and oxygen atoms in total. The fourth-order valence-electron chi connectivity index (χ4n) is 5.31. The largest absolute Gasteiger partial charge is 0.508 e. The molecule has 0 saturated carbocycles. The average Bonchev–Trinajstić information content (AvgIpc) is 2.86. The van der Waals surface area contributed by atoms with E-state index < -0.39 is 5.41 Å². The van der Waals surface area contributed by atoms with Crippen molar-refractivity contribution in [1.82, 2.24) is 0 Å². The Labute approximate surface area is 225 Å². The number of unbranched alkanes of at least 4 members (excludes halogenated alkanes) is 6. The van der Waals surface area contributed by atoms with Crippen LogP contribution in [0, 0.1) is 0 Å². The predicted octanol–water partition coefficient (Wildman–Crippen LogP) is 7.52. The minimum absolute atomic E-state index is 0.00781. The number of benzene rings is 3. The third-order valence-electron chi connectivity index (χ3n) is 7.59. The van der Waals surface area contributed by atoms with Crippen molar-refractivity contribution in [3.8, 4) is 34.5 Å². The molecule has 0 aliphatic heterocycles. The van der Waals surface area contributed by atoms with E-state index >= 15 is 0 Å². The predicted molar refractivity (Wildman–Crippen MR) is 151 cm³/mol. The smallest absolute Gasteiger partial charge is 0.123 e. The van der Waals surface area contributed by atoms with E-state index in [2.05, 4.69) is 13.8 Å². The molecule has 3 rings (SSSR count). The Morgan fingerprint density at radius 3 is 1.37 bits per heavy atom. The number of phenols is 6.